The molecule has 0 bridgehead atoms. The Labute approximate surface area is 64.3 Å². The lowest BCUT2D eigenvalue weighted by molar-refractivity contribution is 0.496. The van der Waals surface area contributed by atoms with Crippen LogP contribution in [0.15, 0.2) is 29.2 Å². The molecule has 0 amide bonds. The van der Waals surface area contributed by atoms with Gasteiger partial charge in [0.15, 0.2) is 5.22 Å². The molecule has 0 fully saturated rings. The molecule has 0 saturated carbocycles. The van der Waals surface area contributed by atoms with E-state index in [1.807, 2.05) is 0 Å². The van der Waals surface area contributed by atoms with Crippen molar-refractivity contribution in [2.24, 2.45) is 5.73 Å². The maximum absolute atomic E-state index is 5.54. The molecule has 0 aliphatic rings. The average molecular weight is 158 g/mol. The number of nitrogens with two attached hydrogens (primary N) is 1. The standard InChI is InChI=1S/C7H8ClNO/c1-2-5(9)6-3-4-7(8)10-6/h2-5H,1,9H2/t5-/m0/s1. The van der Waals surface area contributed by atoms with E-state index in [4.69, 9.17) is 21.8 Å². The molecule has 2 N–H and O–H groups in total. The molecule has 1 heterocycles. The summed E-state index contributed by atoms with van der Waals surface area (Å²) < 4.78 is 5.01. The van der Waals surface area contributed by atoms with Crippen molar-refractivity contribution in [1.82, 2.24) is 0 Å². The van der Waals surface area contributed by atoms with Crippen molar-refractivity contribution >= 4 is 11.6 Å². The molecule has 1 aromatic rings. The van der Waals surface area contributed by atoms with Crippen molar-refractivity contribution in [3.05, 3.63) is 35.8 Å². The van der Waals surface area contributed by atoms with Gasteiger partial charge >= 0.3 is 0 Å². The first-order valence-electron chi connectivity index (χ1n) is 2.87. The van der Waals surface area contributed by atoms with Crippen molar-refractivity contribution < 1.29 is 4.42 Å². The van der Waals surface area contributed by atoms with Crippen LogP contribution in [0.3, 0.4) is 0 Å². The Balaban J connectivity index is 2.84. The molecule has 1 atom stereocenters. The summed E-state index contributed by atoms with van der Waals surface area (Å²) >= 11 is 5.50. The van der Waals surface area contributed by atoms with Gasteiger partial charge in [-0.25, -0.2) is 0 Å². The van der Waals surface area contributed by atoms with Crippen molar-refractivity contribution in [2.45, 2.75) is 6.04 Å². The first-order valence-corrected chi connectivity index (χ1v) is 3.25. The minimum absolute atomic E-state index is 0.257. The second-order valence-corrected chi connectivity index (χ2v) is 2.28. The van der Waals surface area contributed by atoms with Gasteiger partial charge in [0.2, 0.25) is 0 Å². The molecule has 0 spiro atoms. The lowest BCUT2D eigenvalue weighted by atomic mass is 10.2. The summed E-state index contributed by atoms with van der Waals surface area (Å²) in [4.78, 5) is 0. The molecular weight excluding hydrogens is 150 g/mol. The Morgan fingerprint density at radius 3 is 2.80 bits per heavy atom. The fourth-order valence-electron chi connectivity index (χ4n) is 0.624. The molecule has 1 aromatic heterocycles. The monoisotopic (exact) mass is 157 g/mol. The summed E-state index contributed by atoms with van der Waals surface area (Å²) in [5.41, 5.74) is 5.54. The van der Waals surface area contributed by atoms with Gasteiger partial charge in [-0.2, -0.15) is 0 Å². The van der Waals surface area contributed by atoms with Gasteiger partial charge in [-0.05, 0) is 23.7 Å². The van der Waals surface area contributed by atoms with E-state index in [0.717, 1.165) is 0 Å². The summed E-state index contributed by atoms with van der Waals surface area (Å²) in [7, 11) is 0. The smallest absolute Gasteiger partial charge is 0.193 e. The third-order valence-electron chi connectivity index (χ3n) is 1.18. The fraction of sp³-hybridized carbons (Fsp3) is 0.143. The van der Waals surface area contributed by atoms with Crippen LogP contribution in [-0.4, -0.2) is 0 Å². The van der Waals surface area contributed by atoms with Crippen LogP contribution in [0.1, 0.15) is 11.8 Å². The summed E-state index contributed by atoms with van der Waals surface area (Å²) in [5.74, 6) is 0.639. The van der Waals surface area contributed by atoms with Crippen molar-refractivity contribution in [1.29, 1.82) is 0 Å². The molecule has 10 heavy (non-hydrogen) atoms. The second-order valence-electron chi connectivity index (χ2n) is 1.90. The molecule has 2 nitrogen and oxygen atoms in total. The predicted octanol–water partition coefficient (Wildman–Crippen LogP) is 2.12. The van der Waals surface area contributed by atoms with Crippen LogP contribution < -0.4 is 5.73 Å². The lowest BCUT2D eigenvalue weighted by Crippen LogP contribution is -2.04. The lowest BCUT2D eigenvalue weighted by Gasteiger charge is -1.98. The maximum Gasteiger partial charge on any atom is 0.193 e. The third kappa shape index (κ3) is 1.40. The zero-order valence-electron chi connectivity index (χ0n) is 5.38. The van der Waals surface area contributed by atoms with E-state index in [1.54, 1.807) is 18.2 Å². The molecule has 1 rings (SSSR count). The number of hydrogen-bond acceptors (Lipinski definition) is 2. The molecule has 0 radical (unpaired) electrons. The van der Waals surface area contributed by atoms with Gasteiger partial charge in [0.25, 0.3) is 0 Å². The highest BCUT2D eigenvalue weighted by Crippen LogP contribution is 2.18. The van der Waals surface area contributed by atoms with Gasteiger partial charge in [-0.15, -0.1) is 6.58 Å². The minimum atomic E-state index is -0.257. The predicted molar refractivity (Wildman–Crippen MR) is 40.8 cm³/mol. The molecule has 0 aromatic carbocycles. The fourth-order valence-corrected chi connectivity index (χ4v) is 0.776. The van der Waals surface area contributed by atoms with Crippen molar-refractivity contribution in [3.63, 3.8) is 0 Å². The Bertz CT molecular complexity index is 231. The van der Waals surface area contributed by atoms with Crippen LogP contribution >= 0.6 is 11.6 Å². The molecule has 54 valence electrons. The molecule has 0 aliphatic carbocycles. The first kappa shape index (κ1) is 7.38. The van der Waals surface area contributed by atoms with Gasteiger partial charge in [0.1, 0.15) is 5.76 Å². The highest BCUT2D eigenvalue weighted by Gasteiger charge is 2.04. The van der Waals surface area contributed by atoms with Crippen LogP contribution in [0, 0.1) is 0 Å². The third-order valence-corrected chi connectivity index (χ3v) is 1.38. The largest absolute Gasteiger partial charge is 0.448 e. The maximum atomic E-state index is 5.54. The van der Waals surface area contributed by atoms with Gasteiger partial charge in [0.05, 0.1) is 6.04 Å². The Morgan fingerprint density at radius 1 is 1.70 bits per heavy atom. The van der Waals surface area contributed by atoms with E-state index >= 15 is 0 Å². The Morgan fingerprint density at radius 2 is 2.40 bits per heavy atom. The number of hydrogen-bond donors (Lipinski definition) is 1. The van der Waals surface area contributed by atoms with Gasteiger partial charge in [-0.1, -0.05) is 6.08 Å². The first-order chi connectivity index (χ1) is 4.74. The van der Waals surface area contributed by atoms with Crippen molar-refractivity contribution in [3.8, 4) is 0 Å². The van der Waals surface area contributed by atoms with Gasteiger partial charge in [-0.3, -0.25) is 0 Å². The van der Waals surface area contributed by atoms with E-state index in [9.17, 15) is 0 Å². The highest BCUT2D eigenvalue weighted by atomic mass is 35.5. The average Bonchev–Trinajstić information content (AvgIpc) is 2.34. The highest BCUT2D eigenvalue weighted by molar-refractivity contribution is 6.28. The van der Waals surface area contributed by atoms with Crippen LogP contribution in [0.25, 0.3) is 0 Å². The molecule has 3 heteroatoms. The summed E-state index contributed by atoms with van der Waals surface area (Å²) in [5, 5.41) is 0.354. The minimum Gasteiger partial charge on any atom is -0.448 e. The second kappa shape index (κ2) is 2.90. The van der Waals surface area contributed by atoms with Crippen LogP contribution in [0.2, 0.25) is 5.22 Å². The summed E-state index contributed by atoms with van der Waals surface area (Å²) in [6, 6.07) is 3.13. The Kier molecular flexibility index (Phi) is 2.14. The quantitative estimate of drug-likeness (QED) is 0.668. The number of furan rings is 1. The normalized spacial score (nSPS) is 13.0. The molecular formula is C7H8ClNO. The van der Waals surface area contributed by atoms with Crippen LogP contribution in [0.5, 0.6) is 0 Å². The van der Waals surface area contributed by atoms with E-state index in [-0.39, 0.29) is 6.04 Å². The number of halogens is 1. The molecule has 0 saturated heterocycles. The van der Waals surface area contributed by atoms with Gasteiger partial charge in [0, 0.05) is 0 Å². The van der Waals surface area contributed by atoms with E-state index in [0.29, 0.717) is 11.0 Å². The zero-order valence-corrected chi connectivity index (χ0v) is 6.14. The summed E-state index contributed by atoms with van der Waals surface area (Å²) in [6.07, 6.45) is 1.59. The molecule has 0 aliphatic heterocycles. The van der Waals surface area contributed by atoms with E-state index in [2.05, 4.69) is 6.58 Å². The Hall–Kier alpha value is -0.730. The van der Waals surface area contributed by atoms with Crippen molar-refractivity contribution in [2.75, 3.05) is 0 Å². The van der Waals surface area contributed by atoms with E-state index in [1.165, 1.54) is 0 Å². The zero-order chi connectivity index (χ0) is 7.56. The van der Waals surface area contributed by atoms with Crippen LogP contribution in [-0.2, 0) is 0 Å². The summed E-state index contributed by atoms with van der Waals surface area (Å²) in [6.45, 7) is 3.52. The van der Waals surface area contributed by atoms with Gasteiger partial charge < -0.3 is 10.2 Å². The number of rotatable bonds is 2. The molecule has 0 unspecified atom stereocenters. The van der Waals surface area contributed by atoms with Crippen LogP contribution in [0.4, 0.5) is 0 Å². The topological polar surface area (TPSA) is 39.2 Å². The van der Waals surface area contributed by atoms with E-state index < -0.39 is 0 Å². The SMILES string of the molecule is C=C[C@H](N)c1ccc(Cl)o1.